The summed E-state index contributed by atoms with van der Waals surface area (Å²) in [6.45, 7) is 8.59. The predicted octanol–water partition coefficient (Wildman–Crippen LogP) is 8.41. The minimum Gasteiger partial charge on any atom is -0.0888 e. The van der Waals surface area contributed by atoms with Crippen LogP contribution in [0.15, 0.2) is 94.7 Å². The van der Waals surface area contributed by atoms with Gasteiger partial charge in [-0.15, -0.1) is 0 Å². The standard InChI is InChI=1S/C28H26S/c1-19-5-11-23(12-6-19)25-17-21(3)9-15-27(25)29-28-16-10-22(4)18-26(28)24-13-7-20(2)8-14-24/h5-18H,1-4H3. The Kier molecular flexibility index (Phi) is 5.60. The molecule has 4 rings (SSSR count). The first-order valence-electron chi connectivity index (χ1n) is 10.0. The Balaban J connectivity index is 1.79. The Morgan fingerprint density at radius 3 is 1.14 bits per heavy atom. The molecular weight excluding hydrogens is 368 g/mol. The van der Waals surface area contributed by atoms with E-state index in [2.05, 4.69) is 113 Å². The first-order chi connectivity index (χ1) is 14.0. The van der Waals surface area contributed by atoms with Crippen molar-refractivity contribution in [3.63, 3.8) is 0 Å². The molecule has 0 fully saturated rings. The van der Waals surface area contributed by atoms with Gasteiger partial charge in [0.1, 0.15) is 0 Å². The van der Waals surface area contributed by atoms with E-state index in [9.17, 15) is 0 Å². The number of benzene rings is 4. The third kappa shape index (κ3) is 4.46. The van der Waals surface area contributed by atoms with E-state index in [4.69, 9.17) is 0 Å². The second-order valence-corrected chi connectivity index (χ2v) is 8.92. The van der Waals surface area contributed by atoms with Crippen molar-refractivity contribution >= 4 is 11.8 Å². The highest BCUT2D eigenvalue weighted by atomic mass is 32.2. The molecule has 144 valence electrons. The van der Waals surface area contributed by atoms with E-state index in [0.29, 0.717) is 0 Å². The monoisotopic (exact) mass is 394 g/mol. The first-order valence-corrected chi connectivity index (χ1v) is 10.8. The summed E-state index contributed by atoms with van der Waals surface area (Å²) >= 11 is 1.86. The molecule has 0 aliphatic rings. The quantitative estimate of drug-likeness (QED) is 0.335. The fraction of sp³-hybridized carbons (Fsp3) is 0.143. The lowest BCUT2D eigenvalue weighted by molar-refractivity contribution is 1.33. The van der Waals surface area contributed by atoms with Gasteiger partial charge < -0.3 is 0 Å². The van der Waals surface area contributed by atoms with Gasteiger partial charge in [0.2, 0.25) is 0 Å². The van der Waals surface area contributed by atoms with Crippen LogP contribution in [0, 0.1) is 27.7 Å². The highest BCUT2D eigenvalue weighted by molar-refractivity contribution is 7.99. The summed E-state index contributed by atoms with van der Waals surface area (Å²) in [5.74, 6) is 0. The van der Waals surface area contributed by atoms with E-state index in [0.717, 1.165) is 0 Å². The topological polar surface area (TPSA) is 0 Å². The number of hydrogen-bond donors (Lipinski definition) is 0. The number of rotatable bonds is 4. The van der Waals surface area contributed by atoms with Crippen LogP contribution in [0.2, 0.25) is 0 Å². The van der Waals surface area contributed by atoms with Crippen molar-refractivity contribution in [3.8, 4) is 22.3 Å². The zero-order chi connectivity index (χ0) is 20.4. The molecule has 0 aliphatic carbocycles. The van der Waals surface area contributed by atoms with Gasteiger partial charge >= 0.3 is 0 Å². The van der Waals surface area contributed by atoms with Crippen LogP contribution >= 0.6 is 11.8 Å². The second kappa shape index (κ2) is 8.31. The summed E-state index contributed by atoms with van der Waals surface area (Å²) in [5.41, 5.74) is 10.3. The predicted molar refractivity (Wildman–Crippen MR) is 127 cm³/mol. The third-order valence-electron chi connectivity index (χ3n) is 5.22. The Morgan fingerprint density at radius 1 is 0.414 bits per heavy atom. The van der Waals surface area contributed by atoms with Crippen LogP contribution in [-0.4, -0.2) is 0 Å². The van der Waals surface area contributed by atoms with Gasteiger partial charge in [-0.3, -0.25) is 0 Å². The minimum atomic E-state index is 1.27. The van der Waals surface area contributed by atoms with Gasteiger partial charge in [-0.25, -0.2) is 0 Å². The normalized spacial score (nSPS) is 10.9. The maximum atomic E-state index is 2.30. The molecule has 0 amide bonds. The maximum absolute atomic E-state index is 2.30. The van der Waals surface area contributed by atoms with Gasteiger partial charge in [-0.05, 0) is 62.1 Å². The average molecular weight is 395 g/mol. The van der Waals surface area contributed by atoms with Gasteiger partial charge in [0.25, 0.3) is 0 Å². The lowest BCUT2D eigenvalue weighted by Crippen LogP contribution is -1.88. The fourth-order valence-electron chi connectivity index (χ4n) is 3.50. The lowest BCUT2D eigenvalue weighted by atomic mass is 10.0. The SMILES string of the molecule is Cc1ccc(-c2cc(C)ccc2Sc2ccc(C)cc2-c2ccc(C)cc2)cc1. The molecule has 0 saturated carbocycles. The number of hydrogen-bond acceptors (Lipinski definition) is 1. The maximum Gasteiger partial charge on any atom is 0.0201 e. The van der Waals surface area contributed by atoms with Crippen molar-refractivity contribution in [1.29, 1.82) is 0 Å². The molecule has 0 aromatic heterocycles. The van der Waals surface area contributed by atoms with Crippen molar-refractivity contribution in [2.45, 2.75) is 37.5 Å². The largest absolute Gasteiger partial charge is 0.0888 e. The summed E-state index contributed by atoms with van der Waals surface area (Å²) in [4.78, 5) is 2.58. The van der Waals surface area contributed by atoms with Gasteiger partial charge in [0.05, 0.1) is 0 Å². The zero-order valence-electron chi connectivity index (χ0n) is 17.5. The molecule has 0 aliphatic heterocycles. The first kappa shape index (κ1) is 19.5. The van der Waals surface area contributed by atoms with Gasteiger partial charge in [-0.1, -0.05) is 107 Å². The molecule has 0 atom stereocenters. The second-order valence-electron chi connectivity index (χ2n) is 7.83. The molecule has 29 heavy (non-hydrogen) atoms. The van der Waals surface area contributed by atoms with E-state index in [-0.39, 0.29) is 0 Å². The van der Waals surface area contributed by atoms with Crippen LogP contribution in [0.4, 0.5) is 0 Å². The van der Waals surface area contributed by atoms with Crippen molar-refractivity contribution in [2.24, 2.45) is 0 Å². The van der Waals surface area contributed by atoms with E-state index in [1.807, 2.05) is 11.8 Å². The molecular formula is C28H26S. The lowest BCUT2D eigenvalue weighted by Gasteiger charge is -2.15. The molecule has 4 aromatic carbocycles. The molecule has 0 N–H and O–H groups in total. The van der Waals surface area contributed by atoms with Crippen LogP contribution < -0.4 is 0 Å². The summed E-state index contributed by atoms with van der Waals surface area (Å²) in [7, 11) is 0. The smallest absolute Gasteiger partial charge is 0.0201 e. The average Bonchev–Trinajstić information content (AvgIpc) is 2.72. The van der Waals surface area contributed by atoms with Crippen molar-refractivity contribution in [2.75, 3.05) is 0 Å². The Bertz CT molecular complexity index is 1040. The van der Waals surface area contributed by atoms with Crippen LogP contribution in [0.25, 0.3) is 22.3 Å². The van der Waals surface area contributed by atoms with E-state index < -0.39 is 0 Å². The molecule has 1 heteroatoms. The molecule has 0 unspecified atom stereocenters. The molecule has 0 heterocycles. The third-order valence-corrected chi connectivity index (χ3v) is 6.37. The van der Waals surface area contributed by atoms with Crippen LogP contribution in [-0.2, 0) is 0 Å². The van der Waals surface area contributed by atoms with Crippen molar-refractivity contribution < 1.29 is 0 Å². The highest BCUT2D eigenvalue weighted by Gasteiger charge is 2.12. The van der Waals surface area contributed by atoms with Crippen LogP contribution in [0.1, 0.15) is 22.3 Å². The Hall–Kier alpha value is -2.77. The van der Waals surface area contributed by atoms with Gasteiger partial charge in [0.15, 0.2) is 0 Å². The van der Waals surface area contributed by atoms with Crippen molar-refractivity contribution in [3.05, 3.63) is 107 Å². The van der Waals surface area contributed by atoms with Crippen molar-refractivity contribution in [1.82, 2.24) is 0 Å². The summed E-state index contributed by atoms with van der Waals surface area (Å²) in [6.07, 6.45) is 0. The summed E-state index contributed by atoms with van der Waals surface area (Å²) in [6, 6.07) is 31.2. The zero-order valence-corrected chi connectivity index (χ0v) is 18.3. The molecule has 4 aromatic rings. The van der Waals surface area contributed by atoms with E-state index in [1.54, 1.807) is 0 Å². The molecule has 0 nitrogen and oxygen atoms in total. The fourth-order valence-corrected chi connectivity index (χ4v) is 4.58. The summed E-state index contributed by atoms with van der Waals surface area (Å²) < 4.78 is 0. The van der Waals surface area contributed by atoms with E-state index >= 15 is 0 Å². The highest BCUT2D eigenvalue weighted by Crippen LogP contribution is 2.41. The Labute approximate surface area is 178 Å². The van der Waals surface area contributed by atoms with Gasteiger partial charge in [0, 0.05) is 9.79 Å². The molecule has 0 radical (unpaired) electrons. The van der Waals surface area contributed by atoms with Crippen LogP contribution in [0.3, 0.4) is 0 Å². The molecule has 0 spiro atoms. The minimum absolute atomic E-state index is 1.27. The number of aryl methyl sites for hydroxylation is 4. The molecule has 0 saturated heterocycles. The van der Waals surface area contributed by atoms with Crippen LogP contribution in [0.5, 0.6) is 0 Å². The van der Waals surface area contributed by atoms with E-state index in [1.165, 1.54) is 54.3 Å². The summed E-state index contributed by atoms with van der Waals surface area (Å²) in [5, 5.41) is 0. The van der Waals surface area contributed by atoms with Gasteiger partial charge in [-0.2, -0.15) is 0 Å². The molecule has 0 bridgehead atoms. The Morgan fingerprint density at radius 2 is 0.759 bits per heavy atom.